The number of hydrogen-bond donors (Lipinski definition) is 2. The molecule has 0 fully saturated rings. The van der Waals surface area contributed by atoms with Gasteiger partial charge in [-0.1, -0.05) is 37.6 Å². The van der Waals surface area contributed by atoms with Crippen molar-refractivity contribution >= 4 is 5.82 Å². The summed E-state index contributed by atoms with van der Waals surface area (Å²) in [5.41, 5.74) is 10.5. The maximum Gasteiger partial charge on any atom is 0.153 e. The Hall–Kier alpha value is -1.77. The molecule has 0 saturated carbocycles. The van der Waals surface area contributed by atoms with Gasteiger partial charge in [-0.2, -0.15) is 5.10 Å². The van der Waals surface area contributed by atoms with E-state index >= 15 is 0 Å². The topological polar surface area (TPSA) is 54.7 Å². The van der Waals surface area contributed by atoms with Gasteiger partial charge >= 0.3 is 0 Å². The van der Waals surface area contributed by atoms with Gasteiger partial charge in [0.05, 0.1) is 0 Å². The molecule has 0 aliphatic carbocycles. The molecule has 0 saturated heterocycles. The Morgan fingerprint density at radius 3 is 2.75 bits per heavy atom. The third-order valence-electron chi connectivity index (χ3n) is 2.78. The molecule has 0 spiro atoms. The average molecular weight is 215 g/mol. The quantitative estimate of drug-likeness (QED) is 0.827. The Morgan fingerprint density at radius 1 is 1.31 bits per heavy atom. The summed E-state index contributed by atoms with van der Waals surface area (Å²) in [7, 11) is 0. The largest absolute Gasteiger partial charge is 0.382 e. The van der Waals surface area contributed by atoms with Crippen LogP contribution in [-0.2, 0) is 6.42 Å². The Morgan fingerprint density at radius 2 is 2.06 bits per heavy atom. The van der Waals surface area contributed by atoms with E-state index in [2.05, 4.69) is 36.2 Å². The maximum atomic E-state index is 5.93. The normalized spacial score (nSPS) is 10.6. The second-order valence-electron chi connectivity index (χ2n) is 4.03. The molecule has 1 heterocycles. The van der Waals surface area contributed by atoms with Gasteiger partial charge in [0, 0.05) is 11.3 Å². The minimum Gasteiger partial charge on any atom is -0.382 e. The molecule has 3 nitrogen and oxygen atoms in total. The van der Waals surface area contributed by atoms with Crippen LogP contribution in [0.4, 0.5) is 5.82 Å². The van der Waals surface area contributed by atoms with Gasteiger partial charge in [0.15, 0.2) is 5.82 Å². The van der Waals surface area contributed by atoms with E-state index in [1.54, 1.807) is 0 Å². The molecule has 2 rings (SSSR count). The Bertz CT molecular complexity index is 486. The number of aromatic nitrogens is 2. The van der Waals surface area contributed by atoms with Crippen molar-refractivity contribution in [2.24, 2.45) is 0 Å². The Kier molecular flexibility index (Phi) is 2.95. The first-order valence-corrected chi connectivity index (χ1v) is 5.62. The van der Waals surface area contributed by atoms with E-state index in [0.717, 1.165) is 24.1 Å². The molecule has 0 radical (unpaired) electrons. The molecule has 16 heavy (non-hydrogen) atoms. The first kappa shape index (κ1) is 10.7. The van der Waals surface area contributed by atoms with Gasteiger partial charge < -0.3 is 5.73 Å². The lowest BCUT2D eigenvalue weighted by atomic mass is 9.99. The van der Waals surface area contributed by atoms with Crippen LogP contribution in [-0.4, -0.2) is 10.2 Å². The fourth-order valence-electron chi connectivity index (χ4n) is 1.98. The number of benzene rings is 1. The van der Waals surface area contributed by atoms with Crippen molar-refractivity contribution in [2.45, 2.75) is 26.7 Å². The molecule has 3 N–H and O–H groups in total. The average Bonchev–Trinajstić information content (AvgIpc) is 2.62. The van der Waals surface area contributed by atoms with Crippen LogP contribution < -0.4 is 5.73 Å². The van der Waals surface area contributed by atoms with E-state index in [1.165, 1.54) is 11.1 Å². The van der Waals surface area contributed by atoms with Crippen LogP contribution in [0.2, 0.25) is 0 Å². The number of nitrogen functional groups attached to an aromatic ring is 1. The predicted octanol–water partition coefficient (Wildman–Crippen LogP) is 2.92. The van der Waals surface area contributed by atoms with Crippen LogP contribution in [0.3, 0.4) is 0 Å². The molecule has 0 aliphatic rings. The molecule has 2 aromatic rings. The van der Waals surface area contributed by atoms with Gasteiger partial charge in [-0.05, 0) is 24.5 Å². The third kappa shape index (κ3) is 1.81. The molecule has 0 amide bonds. The van der Waals surface area contributed by atoms with E-state index < -0.39 is 0 Å². The van der Waals surface area contributed by atoms with Crippen LogP contribution in [0.5, 0.6) is 0 Å². The van der Waals surface area contributed by atoms with Crippen LogP contribution in [0, 0.1) is 6.92 Å². The van der Waals surface area contributed by atoms with Gasteiger partial charge in [-0.25, -0.2) is 0 Å². The minimum absolute atomic E-state index is 0.595. The molecule has 0 aliphatic heterocycles. The molecular weight excluding hydrogens is 198 g/mol. The number of nitrogens with one attached hydrogen (secondary N) is 1. The lowest BCUT2D eigenvalue weighted by Crippen LogP contribution is -1.92. The first-order chi connectivity index (χ1) is 7.74. The number of nitrogens with two attached hydrogens (primary N) is 1. The van der Waals surface area contributed by atoms with Crippen molar-refractivity contribution < 1.29 is 0 Å². The Balaban J connectivity index is 2.54. The van der Waals surface area contributed by atoms with Crippen LogP contribution in [0.25, 0.3) is 11.1 Å². The van der Waals surface area contributed by atoms with Crippen molar-refractivity contribution in [1.82, 2.24) is 10.2 Å². The molecule has 0 atom stereocenters. The highest BCUT2D eigenvalue weighted by molar-refractivity contribution is 5.78. The van der Waals surface area contributed by atoms with E-state index in [9.17, 15) is 0 Å². The molecule has 0 bridgehead atoms. The van der Waals surface area contributed by atoms with Gasteiger partial charge in [-0.15, -0.1) is 0 Å². The smallest absolute Gasteiger partial charge is 0.153 e. The summed E-state index contributed by atoms with van der Waals surface area (Å²) in [6.07, 6.45) is 2.06. The number of aromatic amines is 1. The summed E-state index contributed by atoms with van der Waals surface area (Å²) in [5, 5.41) is 7.13. The van der Waals surface area contributed by atoms with Crippen molar-refractivity contribution in [3.8, 4) is 11.1 Å². The highest BCUT2D eigenvalue weighted by Crippen LogP contribution is 2.30. The summed E-state index contributed by atoms with van der Waals surface area (Å²) < 4.78 is 0. The fraction of sp³-hybridized carbons (Fsp3) is 0.308. The van der Waals surface area contributed by atoms with Gasteiger partial charge in [0.25, 0.3) is 0 Å². The van der Waals surface area contributed by atoms with Crippen LogP contribution in [0.15, 0.2) is 24.3 Å². The predicted molar refractivity (Wildman–Crippen MR) is 67.2 cm³/mol. The number of H-pyrrole nitrogens is 1. The van der Waals surface area contributed by atoms with Crippen molar-refractivity contribution in [3.63, 3.8) is 0 Å². The summed E-state index contributed by atoms with van der Waals surface area (Å²) >= 11 is 0. The van der Waals surface area contributed by atoms with Crippen molar-refractivity contribution in [3.05, 3.63) is 35.5 Å². The molecule has 1 aromatic carbocycles. The number of aryl methyl sites for hydroxylation is 2. The number of rotatable bonds is 3. The lowest BCUT2D eigenvalue weighted by Gasteiger charge is -2.06. The lowest BCUT2D eigenvalue weighted by molar-refractivity contribution is 0.869. The van der Waals surface area contributed by atoms with E-state index in [1.807, 2.05) is 12.1 Å². The highest BCUT2D eigenvalue weighted by Gasteiger charge is 2.13. The summed E-state index contributed by atoms with van der Waals surface area (Å²) in [6, 6.07) is 8.26. The maximum absolute atomic E-state index is 5.93. The Labute approximate surface area is 95.7 Å². The van der Waals surface area contributed by atoms with E-state index in [4.69, 9.17) is 5.73 Å². The number of hydrogen-bond acceptors (Lipinski definition) is 2. The van der Waals surface area contributed by atoms with Gasteiger partial charge in [0.1, 0.15) is 0 Å². The SMILES string of the molecule is CCCc1[nH]nc(N)c1-c1ccccc1C. The zero-order valence-corrected chi connectivity index (χ0v) is 9.75. The number of nitrogens with zero attached hydrogens (tertiary/aromatic N) is 1. The second kappa shape index (κ2) is 4.39. The van der Waals surface area contributed by atoms with Crippen molar-refractivity contribution in [2.75, 3.05) is 5.73 Å². The van der Waals surface area contributed by atoms with Crippen LogP contribution >= 0.6 is 0 Å². The second-order valence-corrected chi connectivity index (χ2v) is 4.03. The molecule has 0 unspecified atom stereocenters. The minimum atomic E-state index is 0.595. The van der Waals surface area contributed by atoms with E-state index in [0.29, 0.717) is 5.82 Å². The molecule has 3 heteroatoms. The van der Waals surface area contributed by atoms with Crippen LogP contribution in [0.1, 0.15) is 24.6 Å². The third-order valence-corrected chi connectivity index (χ3v) is 2.78. The number of anilines is 1. The highest BCUT2D eigenvalue weighted by atomic mass is 15.2. The van der Waals surface area contributed by atoms with E-state index in [-0.39, 0.29) is 0 Å². The summed E-state index contributed by atoms with van der Waals surface area (Å²) in [4.78, 5) is 0. The summed E-state index contributed by atoms with van der Waals surface area (Å²) in [6.45, 7) is 4.25. The molecule has 1 aromatic heterocycles. The standard InChI is InChI=1S/C13H17N3/c1-3-6-11-12(13(14)16-15-11)10-8-5-4-7-9(10)2/h4-5,7-8H,3,6H2,1-2H3,(H3,14,15,16). The zero-order valence-electron chi connectivity index (χ0n) is 9.75. The summed E-state index contributed by atoms with van der Waals surface area (Å²) in [5.74, 6) is 0.595. The first-order valence-electron chi connectivity index (χ1n) is 5.62. The monoisotopic (exact) mass is 215 g/mol. The van der Waals surface area contributed by atoms with Crippen molar-refractivity contribution in [1.29, 1.82) is 0 Å². The fourth-order valence-corrected chi connectivity index (χ4v) is 1.98. The van der Waals surface area contributed by atoms with Gasteiger partial charge in [0.2, 0.25) is 0 Å². The molecular formula is C13H17N3. The molecule has 84 valence electrons. The zero-order chi connectivity index (χ0) is 11.5. The van der Waals surface area contributed by atoms with Gasteiger partial charge in [-0.3, -0.25) is 5.10 Å².